The van der Waals surface area contributed by atoms with Crippen LogP contribution in [-0.2, 0) is 0 Å². The van der Waals surface area contributed by atoms with Crippen LogP contribution in [0.2, 0.25) is 0 Å². The molecule has 1 saturated heterocycles. The van der Waals surface area contributed by atoms with Crippen LogP contribution in [0.15, 0.2) is 29.0 Å². The normalized spacial score (nSPS) is 17.4. The molecule has 2 aromatic rings. The van der Waals surface area contributed by atoms with Crippen LogP contribution in [0.5, 0.6) is 0 Å². The lowest BCUT2D eigenvalue weighted by atomic mass is 10.1. The van der Waals surface area contributed by atoms with E-state index in [1.165, 1.54) is 6.39 Å². The van der Waals surface area contributed by atoms with Gasteiger partial charge in [-0.1, -0.05) is 6.07 Å². The van der Waals surface area contributed by atoms with Crippen LogP contribution in [0.25, 0.3) is 11.1 Å². The molecule has 0 unspecified atom stereocenters. The third kappa shape index (κ3) is 1.01. The molecule has 14 heavy (non-hydrogen) atoms. The largest absolute Gasteiger partial charge is 0.441 e. The van der Waals surface area contributed by atoms with E-state index in [-0.39, 0.29) is 0 Å². The van der Waals surface area contributed by atoms with Crippen molar-refractivity contribution >= 4 is 16.8 Å². The van der Waals surface area contributed by atoms with Gasteiger partial charge < -0.3 is 15.1 Å². The molecule has 0 bridgehead atoms. The topological polar surface area (TPSA) is 55.3 Å². The Hall–Kier alpha value is -1.55. The minimum absolute atomic E-state index is 0.299. The molecule has 0 spiro atoms. The van der Waals surface area contributed by atoms with E-state index in [0.717, 1.165) is 29.9 Å². The summed E-state index contributed by atoms with van der Waals surface area (Å²) >= 11 is 0. The van der Waals surface area contributed by atoms with Gasteiger partial charge in [-0.05, 0) is 12.1 Å². The molecular formula is C10H11N3O. The molecular weight excluding hydrogens is 178 g/mol. The number of nitrogens with two attached hydrogens (primary N) is 1. The second kappa shape index (κ2) is 2.72. The van der Waals surface area contributed by atoms with E-state index in [0.29, 0.717) is 6.04 Å². The molecule has 0 atom stereocenters. The number of anilines is 1. The van der Waals surface area contributed by atoms with Crippen LogP contribution < -0.4 is 10.6 Å². The molecule has 2 N–H and O–H groups in total. The van der Waals surface area contributed by atoms with E-state index in [1.807, 2.05) is 18.2 Å². The second-order valence-corrected chi connectivity index (χ2v) is 3.64. The first kappa shape index (κ1) is 7.82. The first-order valence-electron chi connectivity index (χ1n) is 4.67. The summed E-state index contributed by atoms with van der Waals surface area (Å²) in [4.78, 5) is 6.32. The first-order valence-corrected chi connectivity index (χ1v) is 4.67. The minimum Gasteiger partial charge on any atom is -0.441 e. The Balaban J connectivity index is 2.07. The third-order valence-electron chi connectivity index (χ3n) is 2.59. The predicted octanol–water partition coefficient (Wildman–Crippen LogP) is 0.975. The maximum absolute atomic E-state index is 5.74. The first-order chi connectivity index (χ1) is 6.84. The molecule has 0 saturated carbocycles. The lowest BCUT2D eigenvalue weighted by molar-refractivity contribution is 0.515. The minimum atomic E-state index is 0.299. The van der Waals surface area contributed by atoms with E-state index >= 15 is 0 Å². The van der Waals surface area contributed by atoms with Gasteiger partial charge in [0.2, 0.25) is 0 Å². The quantitative estimate of drug-likeness (QED) is 0.726. The van der Waals surface area contributed by atoms with Crippen LogP contribution in [-0.4, -0.2) is 24.1 Å². The summed E-state index contributed by atoms with van der Waals surface area (Å²) in [5, 5.41) is 0. The molecule has 0 radical (unpaired) electrons. The average Bonchev–Trinajstić information content (AvgIpc) is 2.60. The average molecular weight is 189 g/mol. The van der Waals surface area contributed by atoms with Gasteiger partial charge in [0.15, 0.2) is 12.0 Å². The van der Waals surface area contributed by atoms with Gasteiger partial charge in [0.1, 0.15) is 5.52 Å². The van der Waals surface area contributed by atoms with Crippen molar-refractivity contribution in [2.45, 2.75) is 6.04 Å². The Morgan fingerprint density at radius 1 is 1.43 bits per heavy atom. The number of nitrogens with zero attached hydrogens (tertiary/aromatic N) is 2. The number of oxazole rings is 1. The Morgan fingerprint density at radius 2 is 2.29 bits per heavy atom. The van der Waals surface area contributed by atoms with E-state index < -0.39 is 0 Å². The number of hydrogen-bond donors (Lipinski definition) is 1. The summed E-state index contributed by atoms with van der Waals surface area (Å²) in [7, 11) is 0. The molecule has 4 heteroatoms. The van der Waals surface area contributed by atoms with Crippen molar-refractivity contribution in [3.63, 3.8) is 0 Å². The molecule has 1 aromatic heterocycles. The van der Waals surface area contributed by atoms with Crippen LogP contribution in [0, 0.1) is 0 Å². The van der Waals surface area contributed by atoms with Crippen molar-refractivity contribution in [1.29, 1.82) is 0 Å². The number of aromatic nitrogens is 1. The van der Waals surface area contributed by atoms with E-state index in [9.17, 15) is 0 Å². The number of benzene rings is 1. The highest BCUT2D eigenvalue weighted by Crippen LogP contribution is 2.28. The highest BCUT2D eigenvalue weighted by Gasteiger charge is 2.25. The molecule has 2 heterocycles. The lowest BCUT2D eigenvalue weighted by Gasteiger charge is -2.38. The molecule has 1 aliphatic rings. The highest BCUT2D eigenvalue weighted by atomic mass is 16.3. The molecule has 3 rings (SSSR count). The van der Waals surface area contributed by atoms with Crippen LogP contribution >= 0.6 is 0 Å². The fraction of sp³-hybridized carbons (Fsp3) is 0.300. The fourth-order valence-electron chi connectivity index (χ4n) is 1.83. The van der Waals surface area contributed by atoms with Gasteiger partial charge in [0.05, 0.1) is 5.69 Å². The van der Waals surface area contributed by atoms with E-state index in [1.54, 1.807) is 0 Å². The zero-order valence-corrected chi connectivity index (χ0v) is 7.68. The molecule has 4 nitrogen and oxygen atoms in total. The van der Waals surface area contributed by atoms with Gasteiger partial charge in [0.25, 0.3) is 0 Å². The third-order valence-corrected chi connectivity index (χ3v) is 2.59. The summed E-state index contributed by atoms with van der Waals surface area (Å²) in [5.74, 6) is 0. The summed E-state index contributed by atoms with van der Waals surface area (Å²) in [6, 6.07) is 6.28. The summed E-state index contributed by atoms with van der Waals surface area (Å²) < 4.78 is 5.35. The summed E-state index contributed by atoms with van der Waals surface area (Å²) in [6.07, 6.45) is 1.48. The molecule has 1 aromatic carbocycles. The lowest BCUT2D eigenvalue weighted by Crippen LogP contribution is -2.55. The van der Waals surface area contributed by atoms with Gasteiger partial charge in [-0.3, -0.25) is 0 Å². The van der Waals surface area contributed by atoms with Crippen molar-refractivity contribution in [3.05, 3.63) is 24.6 Å². The smallest absolute Gasteiger partial charge is 0.182 e. The second-order valence-electron chi connectivity index (χ2n) is 3.64. The van der Waals surface area contributed by atoms with Crippen LogP contribution in [0.3, 0.4) is 0 Å². The predicted molar refractivity (Wildman–Crippen MR) is 54.2 cm³/mol. The highest BCUT2D eigenvalue weighted by molar-refractivity contribution is 5.86. The number of hydrogen-bond acceptors (Lipinski definition) is 4. The molecule has 1 aliphatic heterocycles. The summed E-state index contributed by atoms with van der Waals surface area (Å²) in [5.41, 5.74) is 8.60. The van der Waals surface area contributed by atoms with Crippen LogP contribution in [0.1, 0.15) is 0 Å². The van der Waals surface area contributed by atoms with Gasteiger partial charge >= 0.3 is 0 Å². The molecule has 0 amide bonds. The Labute approximate surface area is 81.3 Å². The van der Waals surface area contributed by atoms with Crippen molar-refractivity contribution < 1.29 is 4.42 Å². The Kier molecular flexibility index (Phi) is 1.52. The Morgan fingerprint density at radius 3 is 3.07 bits per heavy atom. The van der Waals surface area contributed by atoms with Gasteiger partial charge in [-0.15, -0.1) is 0 Å². The number of para-hydroxylation sites is 1. The molecule has 72 valence electrons. The standard InChI is InChI=1S/C10H11N3O/c11-7-4-13(5-7)9-3-1-2-8-10(9)14-6-12-8/h1-3,6-7H,4-5,11H2. The van der Waals surface area contributed by atoms with Gasteiger partial charge in [0, 0.05) is 19.1 Å². The fourth-order valence-corrected chi connectivity index (χ4v) is 1.83. The zero-order chi connectivity index (χ0) is 9.54. The zero-order valence-electron chi connectivity index (χ0n) is 7.68. The van der Waals surface area contributed by atoms with Crippen molar-refractivity contribution in [1.82, 2.24) is 4.98 Å². The van der Waals surface area contributed by atoms with E-state index in [4.69, 9.17) is 10.2 Å². The van der Waals surface area contributed by atoms with Crippen molar-refractivity contribution in [2.24, 2.45) is 5.73 Å². The summed E-state index contributed by atoms with van der Waals surface area (Å²) in [6.45, 7) is 1.81. The molecule has 1 fully saturated rings. The molecule has 0 aliphatic carbocycles. The SMILES string of the molecule is NC1CN(c2cccc3ncoc23)C1. The van der Waals surface area contributed by atoms with Crippen molar-refractivity contribution in [3.8, 4) is 0 Å². The van der Waals surface area contributed by atoms with E-state index in [2.05, 4.69) is 9.88 Å². The number of rotatable bonds is 1. The monoisotopic (exact) mass is 189 g/mol. The maximum Gasteiger partial charge on any atom is 0.182 e. The Bertz CT molecular complexity index is 459. The van der Waals surface area contributed by atoms with Gasteiger partial charge in [-0.25, -0.2) is 4.98 Å². The van der Waals surface area contributed by atoms with Gasteiger partial charge in [-0.2, -0.15) is 0 Å². The number of fused-ring (bicyclic) bond motifs is 1. The van der Waals surface area contributed by atoms with Crippen LogP contribution in [0.4, 0.5) is 5.69 Å². The maximum atomic E-state index is 5.74. The van der Waals surface area contributed by atoms with Crippen molar-refractivity contribution in [2.75, 3.05) is 18.0 Å².